The van der Waals surface area contributed by atoms with Crippen molar-refractivity contribution in [2.75, 3.05) is 84.2 Å². The summed E-state index contributed by atoms with van der Waals surface area (Å²) in [7, 11) is 1.75. The van der Waals surface area contributed by atoms with Crippen molar-refractivity contribution < 1.29 is 13.9 Å². The van der Waals surface area contributed by atoms with Gasteiger partial charge in [0.2, 0.25) is 11.2 Å². The lowest BCUT2D eigenvalue weighted by Crippen LogP contribution is -2.47. The zero-order valence-electron chi connectivity index (χ0n) is 18.8. The zero-order chi connectivity index (χ0) is 22.5. The number of furan rings is 1. The van der Waals surface area contributed by atoms with Crippen molar-refractivity contribution in [3.63, 3.8) is 0 Å². The second-order valence-corrected chi connectivity index (χ2v) is 8.51. The highest BCUT2D eigenvalue weighted by Gasteiger charge is 2.24. The molecule has 32 heavy (non-hydrogen) atoms. The largest absolute Gasteiger partial charge is 0.432 e. The van der Waals surface area contributed by atoms with Crippen LogP contribution in [-0.2, 0) is 9.47 Å². The molecule has 0 bridgehead atoms. The SMILES string of the molecule is C=Nc1oc2c(N3CCOCC3)nc(Cl)nc2c1C=C(C)CN1CCN(CCOC)CC1. The first kappa shape index (κ1) is 23.1. The van der Waals surface area contributed by atoms with E-state index in [0.29, 0.717) is 36.0 Å². The average molecular weight is 463 g/mol. The molecule has 0 amide bonds. The third-order valence-electron chi connectivity index (χ3n) is 5.90. The lowest BCUT2D eigenvalue weighted by molar-refractivity contribution is 0.101. The number of aliphatic imine (C=N–C) groups is 1. The van der Waals surface area contributed by atoms with E-state index in [1.165, 1.54) is 5.57 Å². The molecule has 2 aliphatic heterocycles. The average Bonchev–Trinajstić information content (AvgIpc) is 3.15. The van der Waals surface area contributed by atoms with Gasteiger partial charge in [-0.25, -0.2) is 9.98 Å². The second-order valence-electron chi connectivity index (χ2n) is 8.17. The minimum atomic E-state index is 0.190. The molecule has 2 aromatic heterocycles. The van der Waals surface area contributed by atoms with Crippen LogP contribution < -0.4 is 4.90 Å². The van der Waals surface area contributed by atoms with Gasteiger partial charge >= 0.3 is 0 Å². The third-order valence-corrected chi connectivity index (χ3v) is 6.07. The Labute approximate surface area is 193 Å². The van der Waals surface area contributed by atoms with E-state index < -0.39 is 0 Å². The van der Waals surface area contributed by atoms with E-state index in [2.05, 4.69) is 49.4 Å². The molecule has 0 aliphatic carbocycles. The van der Waals surface area contributed by atoms with Gasteiger partial charge in [0, 0.05) is 59.5 Å². The Morgan fingerprint density at radius 2 is 1.88 bits per heavy atom. The van der Waals surface area contributed by atoms with Gasteiger partial charge in [-0.3, -0.25) is 9.80 Å². The minimum Gasteiger partial charge on any atom is -0.432 e. The van der Waals surface area contributed by atoms with Crippen molar-refractivity contribution in [1.82, 2.24) is 19.8 Å². The van der Waals surface area contributed by atoms with Gasteiger partial charge < -0.3 is 18.8 Å². The Bertz CT molecular complexity index is 964. The maximum Gasteiger partial charge on any atom is 0.228 e. The number of fused-ring (bicyclic) bond motifs is 1. The number of methoxy groups -OCH3 is 1. The van der Waals surface area contributed by atoms with E-state index in [9.17, 15) is 0 Å². The van der Waals surface area contributed by atoms with Gasteiger partial charge in [-0.2, -0.15) is 4.98 Å². The van der Waals surface area contributed by atoms with Crippen LogP contribution in [0.25, 0.3) is 17.2 Å². The van der Waals surface area contributed by atoms with Crippen LogP contribution >= 0.6 is 11.6 Å². The standard InChI is InChI=1S/C22H31ClN6O3/c1-16(15-28-6-4-27(5-7-28)8-11-30-3)14-17-18-19(32-21(17)24-2)20(26-22(23)25-18)29-9-12-31-13-10-29/h14H,2,4-13,15H2,1,3H3. The first-order valence-electron chi connectivity index (χ1n) is 11.0. The number of anilines is 1. The van der Waals surface area contributed by atoms with Gasteiger partial charge in [0.25, 0.3) is 0 Å². The van der Waals surface area contributed by atoms with Crippen LogP contribution in [0.15, 0.2) is 15.0 Å². The summed E-state index contributed by atoms with van der Waals surface area (Å²) < 4.78 is 16.7. The molecular weight excluding hydrogens is 432 g/mol. The fourth-order valence-corrected chi connectivity index (χ4v) is 4.38. The molecule has 2 aliphatic rings. The topological polar surface area (TPSA) is 79.5 Å². The molecule has 0 radical (unpaired) electrons. The molecule has 0 unspecified atom stereocenters. The highest BCUT2D eigenvalue weighted by molar-refractivity contribution is 6.29. The molecule has 2 aromatic rings. The maximum atomic E-state index is 6.30. The van der Waals surface area contributed by atoms with Gasteiger partial charge in [0.05, 0.1) is 25.4 Å². The van der Waals surface area contributed by atoms with Crippen molar-refractivity contribution in [2.24, 2.45) is 4.99 Å². The van der Waals surface area contributed by atoms with Crippen molar-refractivity contribution in [1.29, 1.82) is 0 Å². The van der Waals surface area contributed by atoms with Crippen LogP contribution in [0, 0.1) is 0 Å². The van der Waals surface area contributed by atoms with Crippen LogP contribution in [-0.4, -0.2) is 106 Å². The molecule has 10 heteroatoms. The number of halogens is 1. The highest BCUT2D eigenvalue weighted by atomic mass is 35.5. The first-order chi connectivity index (χ1) is 15.6. The number of hydrogen-bond acceptors (Lipinski definition) is 9. The Balaban J connectivity index is 1.55. The van der Waals surface area contributed by atoms with Gasteiger partial charge in [-0.15, -0.1) is 0 Å². The summed E-state index contributed by atoms with van der Waals surface area (Å²) in [6.07, 6.45) is 2.08. The van der Waals surface area contributed by atoms with Crippen molar-refractivity contribution >= 4 is 47.2 Å². The predicted molar refractivity (Wildman–Crippen MR) is 127 cm³/mol. The molecule has 0 saturated carbocycles. The Morgan fingerprint density at radius 1 is 1.16 bits per heavy atom. The molecule has 9 nitrogen and oxygen atoms in total. The fraction of sp³-hybridized carbons (Fsp3) is 0.591. The predicted octanol–water partition coefficient (Wildman–Crippen LogP) is 2.71. The fourth-order valence-electron chi connectivity index (χ4n) is 4.21. The number of nitrogens with zero attached hydrogens (tertiary/aromatic N) is 6. The molecular formula is C22H31ClN6O3. The van der Waals surface area contributed by atoms with E-state index in [4.69, 9.17) is 25.5 Å². The van der Waals surface area contributed by atoms with Crippen molar-refractivity contribution in [2.45, 2.75) is 6.92 Å². The van der Waals surface area contributed by atoms with Crippen molar-refractivity contribution in [3.8, 4) is 0 Å². The smallest absolute Gasteiger partial charge is 0.228 e. The molecule has 2 saturated heterocycles. The van der Waals surface area contributed by atoms with Gasteiger partial charge in [-0.1, -0.05) is 5.57 Å². The maximum absolute atomic E-state index is 6.30. The highest BCUT2D eigenvalue weighted by Crippen LogP contribution is 2.37. The number of morpholine rings is 1. The summed E-state index contributed by atoms with van der Waals surface area (Å²) in [4.78, 5) is 20.0. The Kier molecular flexibility index (Phi) is 7.75. The van der Waals surface area contributed by atoms with Crippen molar-refractivity contribution in [3.05, 3.63) is 16.4 Å². The normalized spacial score (nSPS) is 19.1. The lowest BCUT2D eigenvalue weighted by atomic mass is 10.1. The summed E-state index contributed by atoms with van der Waals surface area (Å²) in [5, 5.41) is 0.190. The van der Waals surface area contributed by atoms with Crippen LogP contribution in [0.3, 0.4) is 0 Å². The summed E-state index contributed by atoms with van der Waals surface area (Å²) in [5.74, 6) is 1.12. The molecule has 0 atom stereocenters. The second kappa shape index (κ2) is 10.7. The quantitative estimate of drug-likeness (QED) is 0.437. The van der Waals surface area contributed by atoms with Crippen LogP contribution in [0.2, 0.25) is 5.28 Å². The van der Waals surface area contributed by atoms with Crippen LogP contribution in [0.4, 0.5) is 11.7 Å². The van der Waals surface area contributed by atoms with Gasteiger partial charge in [0.1, 0.15) is 5.52 Å². The number of ether oxygens (including phenoxy) is 2. The van der Waals surface area contributed by atoms with Gasteiger partial charge in [0.15, 0.2) is 11.4 Å². The van der Waals surface area contributed by atoms with Crippen LogP contribution in [0.1, 0.15) is 12.5 Å². The molecule has 4 rings (SSSR count). The lowest BCUT2D eigenvalue weighted by Gasteiger charge is -2.34. The third kappa shape index (κ3) is 5.29. The number of hydrogen-bond donors (Lipinski definition) is 0. The summed E-state index contributed by atoms with van der Waals surface area (Å²) >= 11 is 6.30. The summed E-state index contributed by atoms with van der Waals surface area (Å²) in [6, 6.07) is 0. The molecule has 4 heterocycles. The first-order valence-corrected chi connectivity index (χ1v) is 11.4. The molecule has 0 spiro atoms. The number of rotatable bonds is 8. The molecule has 0 N–H and O–H groups in total. The number of aromatic nitrogens is 2. The molecule has 0 aromatic carbocycles. The zero-order valence-corrected chi connectivity index (χ0v) is 19.6. The molecule has 2 fully saturated rings. The van der Waals surface area contributed by atoms with E-state index in [0.717, 1.165) is 64.5 Å². The summed E-state index contributed by atoms with van der Waals surface area (Å²) in [6.45, 7) is 15.3. The number of piperazine rings is 1. The molecule has 174 valence electrons. The van der Waals surface area contributed by atoms with E-state index in [-0.39, 0.29) is 5.28 Å². The van der Waals surface area contributed by atoms with E-state index in [1.807, 2.05) is 0 Å². The monoisotopic (exact) mass is 462 g/mol. The van der Waals surface area contributed by atoms with E-state index >= 15 is 0 Å². The minimum absolute atomic E-state index is 0.190. The summed E-state index contributed by atoms with van der Waals surface area (Å²) in [5.41, 5.74) is 3.25. The van der Waals surface area contributed by atoms with Gasteiger partial charge in [-0.05, 0) is 31.3 Å². The van der Waals surface area contributed by atoms with E-state index in [1.54, 1.807) is 7.11 Å². The van der Waals surface area contributed by atoms with Crippen LogP contribution in [0.5, 0.6) is 0 Å². The Morgan fingerprint density at radius 3 is 2.56 bits per heavy atom. The Hall–Kier alpha value is -2.04.